The molecule has 2 heterocycles. The molecule has 0 bridgehead atoms. The molecule has 0 atom stereocenters. The van der Waals surface area contributed by atoms with Crippen LogP contribution >= 0.6 is 31.9 Å². The molecule has 0 unspecified atom stereocenters. The van der Waals surface area contributed by atoms with Gasteiger partial charge in [-0.25, -0.2) is 9.78 Å². The summed E-state index contributed by atoms with van der Waals surface area (Å²) in [5, 5.41) is 4.83. The highest BCUT2D eigenvalue weighted by molar-refractivity contribution is 9.11. The van der Waals surface area contributed by atoms with E-state index in [1.165, 1.54) is 12.5 Å². The second-order valence-electron chi connectivity index (χ2n) is 7.72. The van der Waals surface area contributed by atoms with Crippen molar-refractivity contribution in [1.29, 1.82) is 0 Å². The normalized spacial score (nSPS) is 11.2. The number of carbonyl (C=O) groups is 1. The van der Waals surface area contributed by atoms with E-state index in [0.29, 0.717) is 42.5 Å². The molecule has 0 aliphatic heterocycles. The highest BCUT2D eigenvalue weighted by atomic mass is 79.9. The second kappa shape index (κ2) is 10.5. The molecule has 0 aliphatic carbocycles. The maximum absolute atomic E-state index is 13.4. The van der Waals surface area contributed by atoms with Crippen molar-refractivity contribution in [3.05, 3.63) is 109 Å². The SMILES string of the molecule is COc1ccc(C(=O)Oc2c(Br)cc(Br)cc2C=Nn2c(-c3ccco3)nc3ccccc3c2=O)cc1. The summed E-state index contributed by atoms with van der Waals surface area (Å²) in [5.41, 5.74) is 0.922. The highest BCUT2D eigenvalue weighted by Crippen LogP contribution is 2.33. The molecule has 0 aliphatic rings. The monoisotopic (exact) mass is 621 g/mol. The van der Waals surface area contributed by atoms with Gasteiger partial charge in [0.2, 0.25) is 5.82 Å². The molecule has 10 heteroatoms. The molecule has 5 aromatic rings. The first-order valence-electron chi connectivity index (χ1n) is 10.9. The van der Waals surface area contributed by atoms with E-state index in [-0.39, 0.29) is 17.1 Å². The van der Waals surface area contributed by atoms with Gasteiger partial charge in [-0.1, -0.05) is 28.1 Å². The van der Waals surface area contributed by atoms with Gasteiger partial charge in [-0.3, -0.25) is 4.79 Å². The Hall–Kier alpha value is -4.02. The van der Waals surface area contributed by atoms with Crippen molar-refractivity contribution in [3.8, 4) is 23.1 Å². The van der Waals surface area contributed by atoms with Crippen molar-refractivity contribution in [3.63, 3.8) is 0 Å². The number of aromatic nitrogens is 2. The van der Waals surface area contributed by atoms with Gasteiger partial charge in [0.25, 0.3) is 5.56 Å². The summed E-state index contributed by atoms with van der Waals surface area (Å²) in [6.45, 7) is 0. The minimum absolute atomic E-state index is 0.231. The number of fused-ring (bicyclic) bond motifs is 1. The molecule has 0 N–H and O–H groups in total. The fourth-order valence-corrected chi connectivity index (χ4v) is 4.92. The fourth-order valence-electron chi connectivity index (χ4n) is 3.58. The number of hydrogen-bond acceptors (Lipinski definition) is 7. The average molecular weight is 623 g/mol. The first-order chi connectivity index (χ1) is 17.9. The standard InChI is InChI=1S/C27H17Br2N3O5/c1-35-19-10-8-16(9-11-19)27(34)37-24-17(13-18(28)14-21(24)29)15-30-32-25(23-7-4-12-36-23)31-22-6-3-2-5-20(22)26(32)33/h2-15H,1H3. The van der Waals surface area contributed by atoms with Crippen LogP contribution in [-0.2, 0) is 0 Å². The van der Waals surface area contributed by atoms with Crippen LogP contribution < -0.4 is 15.0 Å². The third kappa shape index (κ3) is 5.11. The molecule has 0 saturated heterocycles. The molecule has 37 heavy (non-hydrogen) atoms. The van der Waals surface area contributed by atoms with Crippen molar-refractivity contribution in [1.82, 2.24) is 9.66 Å². The van der Waals surface area contributed by atoms with Gasteiger partial charge in [0, 0.05) is 10.0 Å². The van der Waals surface area contributed by atoms with E-state index in [4.69, 9.17) is 13.9 Å². The molecule has 3 aromatic carbocycles. The summed E-state index contributed by atoms with van der Waals surface area (Å²) in [5.74, 6) is 0.892. The number of nitrogens with zero attached hydrogens (tertiary/aromatic N) is 3. The Labute approximate surface area is 227 Å². The zero-order valence-electron chi connectivity index (χ0n) is 19.2. The number of halogens is 2. The maximum Gasteiger partial charge on any atom is 0.343 e. The van der Waals surface area contributed by atoms with E-state index < -0.39 is 5.97 Å². The van der Waals surface area contributed by atoms with Crippen LogP contribution in [0.4, 0.5) is 0 Å². The van der Waals surface area contributed by atoms with Gasteiger partial charge < -0.3 is 13.9 Å². The van der Waals surface area contributed by atoms with Crippen molar-refractivity contribution in [2.24, 2.45) is 5.10 Å². The van der Waals surface area contributed by atoms with Gasteiger partial charge >= 0.3 is 5.97 Å². The first kappa shape index (κ1) is 24.7. The number of hydrogen-bond donors (Lipinski definition) is 0. The lowest BCUT2D eigenvalue weighted by molar-refractivity contribution is 0.0733. The summed E-state index contributed by atoms with van der Waals surface area (Å²) >= 11 is 6.91. The number of esters is 1. The zero-order valence-corrected chi connectivity index (χ0v) is 22.4. The van der Waals surface area contributed by atoms with E-state index in [2.05, 4.69) is 41.9 Å². The minimum Gasteiger partial charge on any atom is -0.497 e. The molecule has 0 saturated carbocycles. The first-order valence-corrected chi connectivity index (χ1v) is 12.5. The van der Waals surface area contributed by atoms with E-state index in [1.807, 2.05) is 0 Å². The maximum atomic E-state index is 13.4. The van der Waals surface area contributed by atoms with Gasteiger partial charge in [0.05, 0.1) is 40.5 Å². The van der Waals surface area contributed by atoms with E-state index >= 15 is 0 Å². The molecule has 2 aromatic heterocycles. The predicted molar refractivity (Wildman–Crippen MR) is 146 cm³/mol. The molecule has 0 radical (unpaired) electrons. The number of benzene rings is 3. The van der Waals surface area contributed by atoms with E-state index in [9.17, 15) is 9.59 Å². The van der Waals surface area contributed by atoms with Crippen LogP contribution in [0.25, 0.3) is 22.5 Å². The molecular formula is C27H17Br2N3O5. The van der Waals surface area contributed by atoms with Crippen LogP contribution in [0.3, 0.4) is 0 Å². The molecule has 8 nitrogen and oxygen atoms in total. The van der Waals surface area contributed by atoms with Crippen LogP contribution in [0.2, 0.25) is 0 Å². The van der Waals surface area contributed by atoms with E-state index in [0.717, 1.165) is 4.68 Å². The topological polar surface area (TPSA) is 95.9 Å². The Morgan fingerprint density at radius 2 is 1.84 bits per heavy atom. The largest absolute Gasteiger partial charge is 0.497 e. The van der Waals surface area contributed by atoms with Gasteiger partial charge in [-0.15, -0.1) is 0 Å². The van der Waals surface area contributed by atoms with Gasteiger partial charge in [0.15, 0.2) is 11.5 Å². The van der Waals surface area contributed by atoms with Crippen molar-refractivity contribution in [2.45, 2.75) is 0 Å². The number of methoxy groups -OCH3 is 1. The van der Waals surface area contributed by atoms with Crippen LogP contribution in [0.15, 0.2) is 102 Å². The highest BCUT2D eigenvalue weighted by Gasteiger charge is 2.17. The molecule has 0 fully saturated rings. The lowest BCUT2D eigenvalue weighted by Gasteiger charge is -2.11. The number of ether oxygens (including phenoxy) is 2. The van der Waals surface area contributed by atoms with Crippen LogP contribution in [-0.4, -0.2) is 29.0 Å². The Balaban J connectivity index is 1.58. The Kier molecular flexibility index (Phi) is 7.02. The van der Waals surface area contributed by atoms with Crippen LogP contribution in [0.5, 0.6) is 11.5 Å². The summed E-state index contributed by atoms with van der Waals surface area (Å²) < 4.78 is 18.8. The quantitative estimate of drug-likeness (QED) is 0.125. The lowest BCUT2D eigenvalue weighted by Crippen LogP contribution is -2.20. The van der Waals surface area contributed by atoms with Crippen molar-refractivity contribution >= 4 is 54.9 Å². The van der Waals surface area contributed by atoms with Crippen molar-refractivity contribution in [2.75, 3.05) is 7.11 Å². The lowest BCUT2D eigenvalue weighted by atomic mass is 10.2. The number of rotatable bonds is 6. The second-order valence-corrected chi connectivity index (χ2v) is 9.49. The van der Waals surface area contributed by atoms with E-state index in [1.54, 1.807) is 79.9 Å². The third-order valence-electron chi connectivity index (χ3n) is 5.37. The van der Waals surface area contributed by atoms with Gasteiger partial charge in [0.1, 0.15) is 5.75 Å². The van der Waals surface area contributed by atoms with Gasteiger partial charge in [-0.05, 0) is 76.6 Å². The molecule has 0 amide bonds. The summed E-state index contributed by atoms with van der Waals surface area (Å²) in [6, 6.07) is 20.4. The third-order valence-corrected chi connectivity index (χ3v) is 6.41. The number of furan rings is 1. The number of para-hydroxylation sites is 1. The molecule has 0 spiro atoms. The molecule has 5 rings (SSSR count). The zero-order chi connectivity index (χ0) is 25.9. The smallest absolute Gasteiger partial charge is 0.343 e. The Morgan fingerprint density at radius 1 is 1.05 bits per heavy atom. The summed E-state index contributed by atoms with van der Waals surface area (Å²) in [7, 11) is 1.55. The van der Waals surface area contributed by atoms with Crippen LogP contribution in [0.1, 0.15) is 15.9 Å². The minimum atomic E-state index is -0.568. The van der Waals surface area contributed by atoms with Gasteiger partial charge in [-0.2, -0.15) is 9.78 Å². The molecular weight excluding hydrogens is 606 g/mol. The average Bonchev–Trinajstić information content (AvgIpc) is 3.45. The van der Waals surface area contributed by atoms with Crippen molar-refractivity contribution < 1.29 is 18.7 Å². The summed E-state index contributed by atoms with van der Waals surface area (Å²) in [4.78, 5) is 30.8. The van der Waals surface area contributed by atoms with Crippen LogP contribution in [0, 0.1) is 0 Å². The number of carbonyl (C=O) groups excluding carboxylic acids is 1. The fraction of sp³-hybridized carbons (Fsp3) is 0.0370. The Bertz CT molecular complexity index is 1690. The Morgan fingerprint density at radius 3 is 2.57 bits per heavy atom. The molecule has 184 valence electrons. The predicted octanol–water partition coefficient (Wildman–Crippen LogP) is 6.29. The summed E-state index contributed by atoms with van der Waals surface area (Å²) in [6.07, 6.45) is 2.92.